The minimum Gasteiger partial charge on any atom is -0.388 e. The van der Waals surface area contributed by atoms with E-state index in [4.69, 9.17) is 4.74 Å². The third kappa shape index (κ3) is 2.73. The third-order valence-electron chi connectivity index (χ3n) is 5.82. The zero-order valence-corrected chi connectivity index (χ0v) is 13.2. The van der Waals surface area contributed by atoms with E-state index in [0.29, 0.717) is 31.3 Å². The number of aliphatic hydroxyl groups is 1. The van der Waals surface area contributed by atoms with Gasteiger partial charge < -0.3 is 9.84 Å². The Kier molecular flexibility index (Phi) is 4.76. The van der Waals surface area contributed by atoms with Gasteiger partial charge >= 0.3 is 0 Å². The van der Waals surface area contributed by atoms with Crippen molar-refractivity contribution in [3.8, 4) is 6.07 Å². The molecular weight excluding hydrogens is 250 g/mol. The summed E-state index contributed by atoms with van der Waals surface area (Å²) in [6.07, 6.45) is 6.11. The summed E-state index contributed by atoms with van der Waals surface area (Å²) in [5.74, 6) is 1.39. The van der Waals surface area contributed by atoms with Crippen LogP contribution in [0.1, 0.15) is 65.7 Å². The lowest BCUT2D eigenvalue weighted by Gasteiger charge is -2.50. The minimum absolute atomic E-state index is 0.113. The molecule has 2 aliphatic rings. The quantitative estimate of drug-likeness (QED) is 0.857. The van der Waals surface area contributed by atoms with Gasteiger partial charge in [0.2, 0.25) is 0 Å². The summed E-state index contributed by atoms with van der Waals surface area (Å²) in [5.41, 5.74) is -1.39. The molecule has 1 saturated carbocycles. The molecule has 1 aliphatic heterocycles. The van der Waals surface area contributed by atoms with Crippen LogP contribution in [-0.2, 0) is 4.74 Å². The van der Waals surface area contributed by atoms with Gasteiger partial charge in [-0.15, -0.1) is 0 Å². The standard InChI is InChI=1S/C17H29NO2/c1-4-15-11-17(19,9-10-20-15)16(12-18)7-5-14(6-8-16)13(2)3/h13-15,19H,4-11H2,1-3H3. The number of rotatable bonds is 3. The van der Waals surface area contributed by atoms with Crippen molar-refractivity contribution in [3.05, 3.63) is 0 Å². The fourth-order valence-corrected chi connectivity index (χ4v) is 4.11. The number of hydrogen-bond acceptors (Lipinski definition) is 3. The Balaban J connectivity index is 2.13. The lowest BCUT2D eigenvalue weighted by atomic mass is 9.58. The summed E-state index contributed by atoms with van der Waals surface area (Å²) >= 11 is 0. The molecule has 0 aromatic rings. The fraction of sp³-hybridized carbons (Fsp3) is 0.941. The molecule has 0 spiro atoms. The van der Waals surface area contributed by atoms with Crippen LogP contribution < -0.4 is 0 Å². The third-order valence-corrected chi connectivity index (χ3v) is 5.82. The first kappa shape index (κ1) is 15.8. The van der Waals surface area contributed by atoms with Crippen LogP contribution in [0.25, 0.3) is 0 Å². The van der Waals surface area contributed by atoms with E-state index in [1.54, 1.807) is 0 Å². The van der Waals surface area contributed by atoms with Gasteiger partial charge in [0.1, 0.15) is 0 Å². The number of nitrogens with zero attached hydrogens (tertiary/aromatic N) is 1. The number of nitriles is 1. The van der Waals surface area contributed by atoms with E-state index in [2.05, 4.69) is 26.8 Å². The molecule has 3 heteroatoms. The highest BCUT2D eigenvalue weighted by Crippen LogP contribution is 2.52. The molecule has 0 aromatic carbocycles. The molecule has 114 valence electrons. The minimum atomic E-state index is -0.845. The Labute approximate surface area is 123 Å². The Morgan fingerprint density at radius 3 is 2.45 bits per heavy atom. The van der Waals surface area contributed by atoms with Crippen LogP contribution in [0.5, 0.6) is 0 Å². The summed E-state index contributed by atoms with van der Waals surface area (Å²) in [7, 11) is 0. The van der Waals surface area contributed by atoms with Crippen LogP contribution in [0.15, 0.2) is 0 Å². The Morgan fingerprint density at radius 2 is 1.95 bits per heavy atom. The van der Waals surface area contributed by atoms with Crippen LogP contribution in [0.3, 0.4) is 0 Å². The maximum atomic E-state index is 11.2. The second-order valence-electron chi connectivity index (χ2n) is 7.16. The van der Waals surface area contributed by atoms with E-state index in [1.807, 2.05) is 0 Å². The lowest BCUT2D eigenvalue weighted by molar-refractivity contribution is -0.163. The van der Waals surface area contributed by atoms with E-state index in [1.165, 1.54) is 0 Å². The topological polar surface area (TPSA) is 53.2 Å². The van der Waals surface area contributed by atoms with Gasteiger partial charge in [-0.2, -0.15) is 5.26 Å². The predicted octanol–water partition coefficient (Wildman–Crippen LogP) is 3.66. The first-order valence-electron chi connectivity index (χ1n) is 8.21. The van der Waals surface area contributed by atoms with E-state index >= 15 is 0 Å². The first-order chi connectivity index (χ1) is 9.46. The van der Waals surface area contributed by atoms with E-state index < -0.39 is 11.0 Å². The summed E-state index contributed by atoms with van der Waals surface area (Å²) < 4.78 is 5.69. The first-order valence-corrected chi connectivity index (χ1v) is 8.21. The Morgan fingerprint density at radius 1 is 1.30 bits per heavy atom. The van der Waals surface area contributed by atoms with Crippen LogP contribution in [-0.4, -0.2) is 23.4 Å². The molecule has 0 radical (unpaired) electrons. The molecular formula is C17H29NO2. The predicted molar refractivity (Wildman–Crippen MR) is 79.1 cm³/mol. The molecule has 1 heterocycles. The average molecular weight is 279 g/mol. The SMILES string of the molecule is CCC1CC(O)(C2(C#N)CCC(C(C)C)CC2)CCO1. The smallest absolute Gasteiger partial charge is 0.0879 e. The van der Waals surface area contributed by atoms with Crippen molar-refractivity contribution >= 4 is 0 Å². The van der Waals surface area contributed by atoms with Crippen LogP contribution in [0.2, 0.25) is 0 Å². The second kappa shape index (κ2) is 6.03. The van der Waals surface area contributed by atoms with Gasteiger partial charge in [0.15, 0.2) is 0 Å². The highest BCUT2D eigenvalue weighted by atomic mass is 16.5. The van der Waals surface area contributed by atoms with Crippen LogP contribution in [0, 0.1) is 28.6 Å². The zero-order chi connectivity index (χ0) is 14.8. The molecule has 20 heavy (non-hydrogen) atoms. The highest BCUT2D eigenvalue weighted by molar-refractivity contribution is 5.14. The van der Waals surface area contributed by atoms with Gasteiger partial charge in [0, 0.05) is 19.4 Å². The molecule has 1 N–H and O–H groups in total. The van der Waals surface area contributed by atoms with Crippen molar-refractivity contribution in [1.29, 1.82) is 5.26 Å². The number of ether oxygens (including phenoxy) is 1. The molecule has 3 nitrogen and oxygen atoms in total. The lowest BCUT2D eigenvalue weighted by Crippen LogP contribution is -2.54. The van der Waals surface area contributed by atoms with Gasteiger partial charge in [-0.05, 0) is 43.9 Å². The maximum absolute atomic E-state index is 11.2. The summed E-state index contributed by atoms with van der Waals surface area (Å²) in [6, 6.07) is 2.53. The number of hydrogen-bond donors (Lipinski definition) is 1. The van der Waals surface area contributed by atoms with Crippen LogP contribution in [0.4, 0.5) is 0 Å². The maximum Gasteiger partial charge on any atom is 0.0879 e. The summed E-state index contributed by atoms with van der Waals surface area (Å²) in [6.45, 7) is 7.21. The highest BCUT2D eigenvalue weighted by Gasteiger charge is 2.54. The van der Waals surface area contributed by atoms with Crippen molar-refractivity contribution < 1.29 is 9.84 Å². The van der Waals surface area contributed by atoms with Crippen molar-refractivity contribution in [2.24, 2.45) is 17.3 Å². The van der Waals surface area contributed by atoms with Crippen molar-refractivity contribution in [1.82, 2.24) is 0 Å². The average Bonchev–Trinajstić information content (AvgIpc) is 2.47. The fourth-order valence-electron chi connectivity index (χ4n) is 4.11. The molecule has 2 fully saturated rings. The van der Waals surface area contributed by atoms with E-state index in [9.17, 15) is 10.4 Å². The van der Waals surface area contributed by atoms with Crippen LogP contribution >= 0.6 is 0 Å². The van der Waals surface area contributed by atoms with Gasteiger partial charge in [0.05, 0.1) is 23.2 Å². The normalized spacial score (nSPS) is 42.4. The largest absolute Gasteiger partial charge is 0.388 e. The molecule has 2 unspecified atom stereocenters. The molecule has 0 aromatic heterocycles. The molecule has 1 saturated heterocycles. The van der Waals surface area contributed by atoms with Gasteiger partial charge in [-0.25, -0.2) is 0 Å². The van der Waals surface area contributed by atoms with Gasteiger partial charge in [-0.1, -0.05) is 20.8 Å². The van der Waals surface area contributed by atoms with E-state index in [-0.39, 0.29) is 6.10 Å². The summed E-state index contributed by atoms with van der Waals surface area (Å²) in [5, 5.41) is 21.0. The zero-order valence-electron chi connectivity index (χ0n) is 13.2. The van der Waals surface area contributed by atoms with Gasteiger partial charge in [-0.3, -0.25) is 0 Å². The second-order valence-corrected chi connectivity index (χ2v) is 7.16. The van der Waals surface area contributed by atoms with Crippen molar-refractivity contribution in [3.63, 3.8) is 0 Å². The molecule has 2 rings (SSSR count). The molecule has 0 bridgehead atoms. The van der Waals surface area contributed by atoms with Crippen molar-refractivity contribution in [2.75, 3.05) is 6.61 Å². The Bertz CT molecular complexity index is 366. The monoisotopic (exact) mass is 279 g/mol. The molecule has 0 amide bonds. The van der Waals surface area contributed by atoms with Crippen molar-refractivity contribution in [2.45, 2.75) is 77.4 Å². The van der Waals surface area contributed by atoms with Gasteiger partial charge in [0.25, 0.3) is 0 Å². The Hall–Kier alpha value is -0.590. The summed E-state index contributed by atoms with van der Waals surface area (Å²) in [4.78, 5) is 0. The molecule has 1 aliphatic carbocycles. The van der Waals surface area contributed by atoms with E-state index in [0.717, 1.165) is 32.1 Å². The molecule has 2 atom stereocenters.